The van der Waals surface area contributed by atoms with E-state index in [0.717, 1.165) is 17.7 Å². The lowest BCUT2D eigenvalue weighted by Crippen LogP contribution is -2.01. The molecule has 1 aromatic rings. The minimum absolute atomic E-state index is 0.247. The van der Waals surface area contributed by atoms with Crippen LogP contribution in [0.15, 0.2) is 6.20 Å². The van der Waals surface area contributed by atoms with Crippen LogP contribution in [-0.2, 0) is 7.05 Å². The number of carbonyl (C=O) groups is 1. The molecule has 0 fully saturated rings. The zero-order valence-electron chi connectivity index (χ0n) is 12.7. The Morgan fingerprint density at radius 3 is 2.21 bits per heavy atom. The molecule has 0 saturated carbocycles. The molecule has 0 aliphatic heterocycles. The van der Waals surface area contributed by atoms with Gasteiger partial charge >= 0.3 is 0 Å². The number of rotatable bonds is 10. The Morgan fingerprint density at radius 2 is 1.68 bits per heavy atom. The minimum atomic E-state index is 0.247. The van der Waals surface area contributed by atoms with Crippen molar-refractivity contribution in [2.45, 2.75) is 71.6 Å². The van der Waals surface area contributed by atoms with Gasteiger partial charge in [0.2, 0.25) is 0 Å². The first-order valence-corrected chi connectivity index (χ1v) is 7.68. The molecule has 1 aromatic heterocycles. The zero-order chi connectivity index (χ0) is 14.1. The summed E-state index contributed by atoms with van der Waals surface area (Å²) in [5.74, 6) is 0.247. The van der Waals surface area contributed by atoms with Crippen LogP contribution in [-0.4, -0.2) is 15.6 Å². The summed E-state index contributed by atoms with van der Waals surface area (Å²) >= 11 is 0. The standard InChI is InChI=1S/C16H28N2O/c1-4-5-6-7-8-9-10-11-12-16(19)15-13-17-18(3)14(15)2/h13H,4-12H2,1-3H3. The highest BCUT2D eigenvalue weighted by Crippen LogP contribution is 2.13. The van der Waals surface area contributed by atoms with Gasteiger partial charge in [-0.25, -0.2) is 0 Å². The number of nitrogens with zero attached hydrogens (tertiary/aromatic N) is 2. The number of ketones is 1. The average Bonchev–Trinajstić information content (AvgIpc) is 2.73. The van der Waals surface area contributed by atoms with Gasteiger partial charge in [-0.15, -0.1) is 0 Å². The summed E-state index contributed by atoms with van der Waals surface area (Å²) in [5.41, 5.74) is 1.77. The first kappa shape index (κ1) is 15.9. The van der Waals surface area contributed by atoms with Crippen LogP contribution in [0, 0.1) is 6.92 Å². The van der Waals surface area contributed by atoms with Gasteiger partial charge in [0.15, 0.2) is 5.78 Å². The van der Waals surface area contributed by atoms with Crippen molar-refractivity contribution in [1.82, 2.24) is 9.78 Å². The van der Waals surface area contributed by atoms with E-state index in [2.05, 4.69) is 12.0 Å². The summed E-state index contributed by atoms with van der Waals surface area (Å²) in [6.45, 7) is 4.19. The Kier molecular flexibility index (Phi) is 7.46. The molecule has 19 heavy (non-hydrogen) atoms. The van der Waals surface area contributed by atoms with Crippen molar-refractivity contribution in [3.63, 3.8) is 0 Å². The fraction of sp³-hybridized carbons (Fsp3) is 0.750. The highest BCUT2D eigenvalue weighted by atomic mass is 16.1. The summed E-state index contributed by atoms with van der Waals surface area (Å²) in [6.07, 6.45) is 12.5. The predicted molar refractivity (Wildman–Crippen MR) is 79.5 cm³/mol. The molecule has 1 heterocycles. The smallest absolute Gasteiger partial charge is 0.166 e. The normalized spacial score (nSPS) is 10.9. The summed E-state index contributed by atoms with van der Waals surface area (Å²) in [7, 11) is 1.88. The van der Waals surface area contributed by atoms with Gasteiger partial charge in [-0.05, 0) is 13.3 Å². The lowest BCUT2D eigenvalue weighted by atomic mass is 10.0. The average molecular weight is 264 g/mol. The third kappa shape index (κ3) is 5.58. The first-order chi connectivity index (χ1) is 9.16. The SMILES string of the molecule is CCCCCCCCCCC(=O)c1cnn(C)c1C. The minimum Gasteiger partial charge on any atom is -0.294 e. The van der Waals surface area contributed by atoms with Crippen molar-refractivity contribution in [1.29, 1.82) is 0 Å². The van der Waals surface area contributed by atoms with Crippen LogP contribution in [0.4, 0.5) is 0 Å². The van der Waals surface area contributed by atoms with Gasteiger partial charge < -0.3 is 0 Å². The first-order valence-electron chi connectivity index (χ1n) is 7.68. The maximum Gasteiger partial charge on any atom is 0.166 e. The quantitative estimate of drug-likeness (QED) is 0.462. The van der Waals surface area contributed by atoms with E-state index in [1.165, 1.54) is 44.9 Å². The number of Topliss-reactive ketones (excluding diaryl/α,β-unsaturated/α-hetero) is 1. The van der Waals surface area contributed by atoms with Crippen molar-refractivity contribution in [2.75, 3.05) is 0 Å². The number of hydrogen-bond acceptors (Lipinski definition) is 2. The topological polar surface area (TPSA) is 34.9 Å². The Balaban J connectivity index is 2.10. The van der Waals surface area contributed by atoms with Crippen LogP contribution in [0.3, 0.4) is 0 Å². The fourth-order valence-corrected chi connectivity index (χ4v) is 2.33. The highest BCUT2D eigenvalue weighted by molar-refractivity contribution is 5.96. The van der Waals surface area contributed by atoms with Gasteiger partial charge in [0, 0.05) is 19.2 Å². The van der Waals surface area contributed by atoms with E-state index in [-0.39, 0.29) is 5.78 Å². The van der Waals surface area contributed by atoms with E-state index in [1.807, 2.05) is 14.0 Å². The van der Waals surface area contributed by atoms with Gasteiger partial charge in [-0.3, -0.25) is 9.48 Å². The van der Waals surface area contributed by atoms with Gasteiger partial charge in [-0.2, -0.15) is 5.10 Å². The molecule has 0 amide bonds. The maximum atomic E-state index is 12.0. The Labute approximate surface area is 117 Å². The van der Waals surface area contributed by atoms with E-state index in [9.17, 15) is 4.79 Å². The number of unbranched alkanes of at least 4 members (excludes halogenated alkanes) is 7. The molecular weight excluding hydrogens is 236 g/mol. The lowest BCUT2D eigenvalue weighted by molar-refractivity contribution is 0.0978. The van der Waals surface area contributed by atoms with Gasteiger partial charge in [-0.1, -0.05) is 51.9 Å². The van der Waals surface area contributed by atoms with Crippen LogP contribution in [0.2, 0.25) is 0 Å². The molecule has 0 N–H and O–H groups in total. The molecule has 0 bridgehead atoms. The molecule has 108 valence electrons. The van der Waals surface area contributed by atoms with Crippen molar-refractivity contribution in [3.05, 3.63) is 17.5 Å². The third-order valence-electron chi connectivity index (χ3n) is 3.79. The second kappa shape index (κ2) is 8.89. The summed E-state index contributed by atoms with van der Waals surface area (Å²) in [6, 6.07) is 0. The molecule has 0 unspecified atom stereocenters. The molecule has 0 aromatic carbocycles. The fourth-order valence-electron chi connectivity index (χ4n) is 2.33. The lowest BCUT2D eigenvalue weighted by Gasteiger charge is -2.02. The van der Waals surface area contributed by atoms with E-state index in [1.54, 1.807) is 10.9 Å². The van der Waals surface area contributed by atoms with Crippen LogP contribution in [0.25, 0.3) is 0 Å². The number of carbonyl (C=O) groups excluding carboxylic acids is 1. The molecule has 0 saturated heterocycles. The van der Waals surface area contributed by atoms with Crippen molar-refractivity contribution >= 4 is 5.78 Å². The molecule has 3 nitrogen and oxygen atoms in total. The van der Waals surface area contributed by atoms with E-state index in [4.69, 9.17) is 0 Å². The molecular formula is C16H28N2O. The van der Waals surface area contributed by atoms with Crippen molar-refractivity contribution in [3.8, 4) is 0 Å². The number of aryl methyl sites for hydroxylation is 1. The van der Waals surface area contributed by atoms with E-state index in [0.29, 0.717) is 6.42 Å². The summed E-state index contributed by atoms with van der Waals surface area (Å²) < 4.78 is 1.76. The van der Waals surface area contributed by atoms with Crippen molar-refractivity contribution < 1.29 is 4.79 Å². The van der Waals surface area contributed by atoms with E-state index >= 15 is 0 Å². The molecule has 0 atom stereocenters. The maximum absolute atomic E-state index is 12.0. The van der Waals surface area contributed by atoms with Gasteiger partial charge in [0.05, 0.1) is 11.8 Å². The Bertz CT molecular complexity index is 382. The predicted octanol–water partition coefficient (Wildman–Crippen LogP) is 4.44. The Hall–Kier alpha value is -1.12. The highest BCUT2D eigenvalue weighted by Gasteiger charge is 2.11. The van der Waals surface area contributed by atoms with Crippen LogP contribution in [0.5, 0.6) is 0 Å². The number of hydrogen-bond donors (Lipinski definition) is 0. The number of aromatic nitrogens is 2. The van der Waals surface area contributed by atoms with Gasteiger partial charge in [0.1, 0.15) is 0 Å². The zero-order valence-corrected chi connectivity index (χ0v) is 12.7. The largest absolute Gasteiger partial charge is 0.294 e. The van der Waals surface area contributed by atoms with Crippen LogP contribution in [0.1, 0.15) is 80.8 Å². The molecule has 1 rings (SSSR count). The van der Waals surface area contributed by atoms with E-state index < -0.39 is 0 Å². The summed E-state index contributed by atoms with van der Waals surface area (Å²) in [5, 5.41) is 4.12. The Morgan fingerprint density at radius 1 is 1.11 bits per heavy atom. The van der Waals surface area contributed by atoms with Crippen molar-refractivity contribution in [2.24, 2.45) is 7.05 Å². The van der Waals surface area contributed by atoms with Gasteiger partial charge in [0.25, 0.3) is 0 Å². The molecule has 0 radical (unpaired) electrons. The third-order valence-corrected chi connectivity index (χ3v) is 3.79. The monoisotopic (exact) mass is 264 g/mol. The second-order valence-corrected chi connectivity index (χ2v) is 5.42. The summed E-state index contributed by atoms with van der Waals surface area (Å²) in [4.78, 5) is 12.0. The second-order valence-electron chi connectivity index (χ2n) is 5.42. The molecule has 3 heteroatoms. The molecule has 0 aliphatic carbocycles. The molecule has 0 spiro atoms. The van der Waals surface area contributed by atoms with Crippen LogP contribution < -0.4 is 0 Å². The van der Waals surface area contributed by atoms with Crippen LogP contribution >= 0.6 is 0 Å². The molecule has 0 aliphatic rings.